The summed E-state index contributed by atoms with van der Waals surface area (Å²) in [6.45, 7) is 8.96. The molecule has 2 rings (SSSR count). The van der Waals surface area contributed by atoms with E-state index >= 15 is 0 Å². The number of hydrogen-bond donors (Lipinski definition) is 1. The van der Waals surface area contributed by atoms with E-state index in [2.05, 4.69) is 16.8 Å². The first kappa shape index (κ1) is 23.2. The first-order valence-corrected chi connectivity index (χ1v) is 11.9. The fraction of sp³-hybridized carbons (Fsp3) is 0.636. The van der Waals surface area contributed by atoms with E-state index in [0.717, 1.165) is 29.8 Å². The molecule has 0 spiro atoms. The second-order valence-electron chi connectivity index (χ2n) is 8.85. The van der Waals surface area contributed by atoms with Crippen LogP contribution in [0.2, 0.25) is 0 Å². The second-order valence-corrected chi connectivity index (χ2v) is 11.7. The van der Waals surface area contributed by atoms with Crippen molar-refractivity contribution in [2.24, 2.45) is 0 Å². The Morgan fingerprint density at radius 1 is 1.28 bits per heavy atom. The molecule has 0 atom stereocenters. The number of nitrogens with one attached hydrogen (secondary N) is 1. The molecule has 1 aromatic heterocycles. The van der Waals surface area contributed by atoms with Crippen molar-refractivity contribution in [3.05, 3.63) is 28.6 Å². The van der Waals surface area contributed by atoms with Crippen molar-refractivity contribution in [1.82, 2.24) is 9.88 Å². The molecular weight excluding hydrogens is 386 g/mol. The lowest BCUT2D eigenvalue weighted by Gasteiger charge is -2.26. The molecule has 7 heteroatoms. The van der Waals surface area contributed by atoms with E-state index in [4.69, 9.17) is 0 Å². The molecule has 160 valence electrons. The zero-order valence-corrected chi connectivity index (χ0v) is 19.0. The molecule has 29 heavy (non-hydrogen) atoms. The van der Waals surface area contributed by atoms with Gasteiger partial charge in [0.15, 0.2) is 9.84 Å². The number of amides is 1. The van der Waals surface area contributed by atoms with E-state index in [1.54, 1.807) is 26.8 Å². The summed E-state index contributed by atoms with van der Waals surface area (Å²) in [7, 11) is -3.33. The maximum Gasteiger partial charge on any atom is 0.261 e. The molecule has 0 aromatic carbocycles. The van der Waals surface area contributed by atoms with Gasteiger partial charge in [-0.1, -0.05) is 19.3 Å². The van der Waals surface area contributed by atoms with Gasteiger partial charge < -0.3 is 9.88 Å². The highest BCUT2D eigenvalue weighted by molar-refractivity contribution is 7.92. The summed E-state index contributed by atoms with van der Waals surface area (Å²) in [6.07, 6.45) is 7.68. The summed E-state index contributed by atoms with van der Waals surface area (Å²) < 4.78 is 25.8. The third kappa shape index (κ3) is 5.51. The fourth-order valence-electron chi connectivity index (χ4n) is 3.85. The SMILES string of the molecule is Cc1cc(/C=C(/C#N)C(=O)NCCS(=O)(=O)C(C)(C)C)c(C)n1C1CCCCC1. The van der Waals surface area contributed by atoms with Crippen molar-refractivity contribution in [2.75, 3.05) is 12.3 Å². The van der Waals surface area contributed by atoms with Gasteiger partial charge in [-0.15, -0.1) is 0 Å². The monoisotopic (exact) mass is 419 g/mol. The van der Waals surface area contributed by atoms with Crippen LogP contribution >= 0.6 is 0 Å². The number of carbonyl (C=O) groups is 1. The number of rotatable bonds is 6. The molecule has 1 fully saturated rings. The summed E-state index contributed by atoms with van der Waals surface area (Å²) in [4.78, 5) is 12.4. The highest BCUT2D eigenvalue weighted by Crippen LogP contribution is 2.32. The topological polar surface area (TPSA) is 92.0 Å². The average Bonchev–Trinajstić information content (AvgIpc) is 2.92. The number of nitrogens with zero attached hydrogens (tertiary/aromatic N) is 2. The number of nitriles is 1. The van der Waals surface area contributed by atoms with E-state index in [1.807, 2.05) is 19.1 Å². The van der Waals surface area contributed by atoms with Gasteiger partial charge in [0.05, 0.1) is 10.5 Å². The van der Waals surface area contributed by atoms with Crippen molar-refractivity contribution >= 4 is 21.8 Å². The summed E-state index contributed by atoms with van der Waals surface area (Å²) in [5.74, 6) is -0.698. The predicted molar refractivity (Wildman–Crippen MR) is 116 cm³/mol. The van der Waals surface area contributed by atoms with E-state index in [0.29, 0.717) is 6.04 Å². The minimum atomic E-state index is -3.33. The number of hydrogen-bond acceptors (Lipinski definition) is 4. The molecule has 6 nitrogen and oxygen atoms in total. The largest absolute Gasteiger partial charge is 0.350 e. The maximum absolute atomic E-state index is 12.4. The Kier molecular flexibility index (Phi) is 7.34. The van der Waals surface area contributed by atoms with Crippen LogP contribution in [-0.2, 0) is 14.6 Å². The normalized spacial score (nSPS) is 16.5. The summed E-state index contributed by atoms with van der Waals surface area (Å²) in [5, 5.41) is 12.0. The fourth-order valence-corrected chi connectivity index (χ4v) is 4.84. The number of sulfone groups is 1. The van der Waals surface area contributed by atoms with Crippen LogP contribution in [0.15, 0.2) is 11.6 Å². The highest BCUT2D eigenvalue weighted by atomic mass is 32.2. The molecule has 0 saturated heterocycles. The summed E-state index contributed by atoms with van der Waals surface area (Å²) in [5.41, 5.74) is 3.05. The molecule has 0 radical (unpaired) electrons. The van der Waals surface area contributed by atoms with Crippen LogP contribution in [0.3, 0.4) is 0 Å². The molecule has 1 heterocycles. The van der Waals surface area contributed by atoms with Crippen LogP contribution in [-0.4, -0.2) is 35.9 Å². The number of carbonyl (C=O) groups excluding carboxylic acids is 1. The van der Waals surface area contributed by atoms with E-state index in [9.17, 15) is 18.5 Å². The van der Waals surface area contributed by atoms with Crippen molar-refractivity contribution in [3.63, 3.8) is 0 Å². The lowest BCUT2D eigenvalue weighted by molar-refractivity contribution is -0.116. The molecule has 0 unspecified atom stereocenters. The second kappa shape index (κ2) is 9.17. The van der Waals surface area contributed by atoms with Crippen LogP contribution in [0.5, 0.6) is 0 Å². The predicted octanol–water partition coefficient (Wildman–Crippen LogP) is 3.85. The molecule has 1 saturated carbocycles. The number of aromatic nitrogens is 1. The smallest absolute Gasteiger partial charge is 0.261 e. The Hall–Kier alpha value is -2.07. The minimum Gasteiger partial charge on any atom is -0.350 e. The quantitative estimate of drug-likeness (QED) is 0.560. The Labute approximate surface area is 174 Å². The van der Waals surface area contributed by atoms with Crippen molar-refractivity contribution in [3.8, 4) is 6.07 Å². The lowest BCUT2D eigenvalue weighted by Crippen LogP contribution is -2.36. The highest BCUT2D eigenvalue weighted by Gasteiger charge is 2.28. The lowest BCUT2D eigenvalue weighted by atomic mass is 9.95. The Balaban J connectivity index is 2.13. The van der Waals surface area contributed by atoms with Gasteiger partial charge in [0, 0.05) is 24.0 Å². The standard InChI is InChI=1S/C22H33N3O3S/c1-16-13-18(17(2)25(16)20-9-7-6-8-10-20)14-19(15-23)21(26)24-11-12-29(27,28)22(3,4)5/h13-14,20H,6-12H2,1-5H3,(H,24,26)/b19-14-. The first-order valence-electron chi connectivity index (χ1n) is 10.3. The zero-order valence-electron chi connectivity index (χ0n) is 18.2. The van der Waals surface area contributed by atoms with Gasteiger partial charge in [0.25, 0.3) is 5.91 Å². The van der Waals surface area contributed by atoms with Gasteiger partial charge in [-0.2, -0.15) is 5.26 Å². The zero-order chi connectivity index (χ0) is 21.8. The van der Waals surface area contributed by atoms with Gasteiger partial charge in [0.1, 0.15) is 11.6 Å². The van der Waals surface area contributed by atoms with Crippen LogP contribution in [0, 0.1) is 25.2 Å². The molecule has 1 aliphatic rings. The van der Waals surface area contributed by atoms with Gasteiger partial charge in [-0.05, 0) is 65.2 Å². The van der Waals surface area contributed by atoms with Crippen molar-refractivity contribution in [2.45, 2.75) is 77.5 Å². The van der Waals surface area contributed by atoms with Gasteiger partial charge >= 0.3 is 0 Å². The van der Waals surface area contributed by atoms with E-state index in [1.165, 1.54) is 19.3 Å². The van der Waals surface area contributed by atoms with Gasteiger partial charge in [0.2, 0.25) is 0 Å². The van der Waals surface area contributed by atoms with Crippen molar-refractivity contribution in [1.29, 1.82) is 5.26 Å². The molecule has 1 amide bonds. The van der Waals surface area contributed by atoms with Gasteiger partial charge in [-0.3, -0.25) is 4.79 Å². The van der Waals surface area contributed by atoms with Crippen LogP contribution < -0.4 is 5.32 Å². The molecule has 1 aromatic rings. The number of aryl methyl sites for hydroxylation is 1. The minimum absolute atomic E-state index is 0.0120. The van der Waals surface area contributed by atoms with Crippen molar-refractivity contribution < 1.29 is 13.2 Å². The Bertz CT molecular complexity index is 922. The van der Waals surface area contributed by atoms with Crippen LogP contribution in [0.4, 0.5) is 0 Å². The van der Waals surface area contributed by atoms with Crippen LogP contribution in [0.1, 0.15) is 75.9 Å². The average molecular weight is 420 g/mol. The van der Waals surface area contributed by atoms with E-state index < -0.39 is 20.5 Å². The third-order valence-electron chi connectivity index (χ3n) is 5.72. The first-order chi connectivity index (χ1) is 13.5. The van der Waals surface area contributed by atoms with Crippen LogP contribution in [0.25, 0.3) is 6.08 Å². The maximum atomic E-state index is 12.4. The molecule has 0 bridgehead atoms. The molecule has 1 aliphatic carbocycles. The van der Waals surface area contributed by atoms with E-state index in [-0.39, 0.29) is 17.9 Å². The van der Waals surface area contributed by atoms with Gasteiger partial charge in [-0.25, -0.2) is 8.42 Å². The summed E-state index contributed by atoms with van der Waals surface area (Å²) >= 11 is 0. The Morgan fingerprint density at radius 2 is 1.90 bits per heavy atom. The molecular formula is C22H33N3O3S. The molecule has 0 aliphatic heterocycles. The Morgan fingerprint density at radius 3 is 2.45 bits per heavy atom. The summed E-state index contributed by atoms with van der Waals surface area (Å²) in [6, 6.07) is 4.45. The molecule has 1 N–H and O–H groups in total. The third-order valence-corrected chi connectivity index (χ3v) is 8.33.